The maximum absolute atomic E-state index is 13.9. The van der Waals surface area contributed by atoms with Gasteiger partial charge in [0.1, 0.15) is 11.6 Å². The van der Waals surface area contributed by atoms with Crippen LogP contribution in [0.4, 0.5) is 5.82 Å². The molecule has 4 heterocycles. The number of anilines is 1. The number of hydrogen-bond acceptors (Lipinski definition) is 8. The minimum Gasteiger partial charge on any atom is -0.467 e. The fourth-order valence-electron chi connectivity index (χ4n) is 4.98. The Bertz CT molecular complexity index is 1450. The van der Waals surface area contributed by atoms with E-state index < -0.39 is 0 Å². The van der Waals surface area contributed by atoms with Crippen molar-refractivity contribution < 1.29 is 23.8 Å². The zero-order valence-electron chi connectivity index (χ0n) is 21.1. The highest BCUT2D eigenvalue weighted by atomic mass is 32.2. The summed E-state index contributed by atoms with van der Waals surface area (Å²) in [5, 5.41) is 11.1. The number of carbonyl (C=O) groups is 1. The standard InChI is InChI=1S/C29H29N3O5S/c1-38-24-6-4-19-13-21(28(30-25(19)15-24)31-10-8-22(33)9-11-31)16-32(17-23-3-2-12-35-23)29(34)20-5-7-26-27(14-20)37-18-36-26/h2-7,12-15,22,33H,8-11,16-18H2,1H3. The van der Waals surface area contributed by atoms with Crippen LogP contribution in [0.25, 0.3) is 10.9 Å². The second-order valence-corrected chi connectivity index (χ2v) is 10.4. The number of pyridine rings is 1. The van der Waals surface area contributed by atoms with Gasteiger partial charge < -0.3 is 28.8 Å². The van der Waals surface area contributed by atoms with Gasteiger partial charge in [0.15, 0.2) is 11.5 Å². The van der Waals surface area contributed by atoms with Crippen LogP contribution in [0.15, 0.2) is 70.2 Å². The van der Waals surface area contributed by atoms with Crippen LogP contribution in [0.2, 0.25) is 0 Å². The molecular formula is C29H29N3O5S. The third-order valence-electron chi connectivity index (χ3n) is 7.04. The zero-order chi connectivity index (χ0) is 26.1. The summed E-state index contributed by atoms with van der Waals surface area (Å²) < 4.78 is 16.6. The lowest BCUT2D eigenvalue weighted by Gasteiger charge is -2.33. The van der Waals surface area contributed by atoms with E-state index in [1.54, 1.807) is 41.1 Å². The third-order valence-corrected chi connectivity index (χ3v) is 7.76. The van der Waals surface area contributed by atoms with Crippen molar-refractivity contribution in [2.75, 3.05) is 31.0 Å². The Labute approximate surface area is 225 Å². The summed E-state index contributed by atoms with van der Waals surface area (Å²) in [6.45, 7) is 2.22. The summed E-state index contributed by atoms with van der Waals surface area (Å²) in [6.07, 6.45) is 4.76. The van der Waals surface area contributed by atoms with E-state index in [1.165, 1.54) is 0 Å². The minimum atomic E-state index is -0.290. The van der Waals surface area contributed by atoms with Gasteiger partial charge in [-0.3, -0.25) is 4.79 Å². The van der Waals surface area contributed by atoms with Gasteiger partial charge in [-0.1, -0.05) is 6.07 Å². The Morgan fingerprint density at radius 3 is 2.71 bits per heavy atom. The molecule has 1 saturated heterocycles. The molecule has 1 fully saturated rings. The molecule has 0 unspecified atom stereocenters. The van der Waals surface area contributed by atoms with Crippen LogP contribution >= 0.6 is 11.8 Å². The highest BCUT2D eigenvalue weighted by molar-refractivity contribution is 7.98. The summed E-state index contributed by atoms with van der Waals surface area (Å²) in [5.41, 5.74) is 2.38. The minimum absolute atomic E-state index is 0.141. The van der Waals surface area contributed by atoms with Crippen molar-refractivity contribution in [3.63, 3.8) is 0 Å². The van der Waals surface area contributed by atoms with Crippen molar-refractivity contribution >= 4 is 34.4 Å². The molecule has 0 saturated carbocycles. The highest BCUT2D eigenvalue weighted by Gasteiger charge is 2.26. The number of piperidine rings is 1. The molecule has 9 heteroatoms. The smallest absolute Gasteiger partial charge is 0.254 e. The van der Waals surface area contributed by atoms with Gasteiger partial charge in [-0.2, -0.15) is 0 Å². The molecule has 0 spiro atoms. The summed E-state index contributed by atoms with van der Waals surface area (Å²) in [6, 6.07) is 17.4. The first-order valence-corrected chi connectivity index (χ1v) is 13.9. The van der Waals surface area contributed by atoms with Crippen LogP contribution in [-0.2, 0) is 13.1 Å². The van der Waals surface area contributed by atoms with E-state index in [0.29, 0.717) is 61.8 Å². The van der Waals surface area contributed by atoms with Gasteiger partial charge in [0.2, 0.25) is 6.79 Å². The Kier molecular flexibility index (Phi) is 6.86. The molecule has 38 heavy (non-hydrogen) atoms. The molecule has 0 aliphatic carbocycles. The Morgan fingerprint density at radius 2 is 1.92 bits per heavy atom. The van der Waals surface area contributed by atoms with E-state index in [1.807, 2.05) is 12.1 Å². The van der Waals surface area contributed by atoms with Gasteiger partial charge in [0.25, 0.3) is 5.91 Å². The first-order chi connectivity index (χ1) is 18.6. The molecule has 196 valence electrons. The summed E-state index contributed by atoms with van der Waals surface area (Å²) in [4.78, 5) is 24.1. The molecule has 2 aromatic carbocycles. The quantitative estimate of drug-likeness (QED) is 0.330. The highest BCUT2D eigenvalue weighted by Crippen LogP contribution is 2.34. The van der Waals surface area contributed by atoms with Crippen LogP contribution in [0.5, 0.6) is 11.5 Å². The summed E-state index contributed by atoms with van der Waals surface area (Å²) >= 11 is 1.68. The number of amides is 1. The number of aromatic nitrogens is 1. The van der Waals surface area contributed by atoms with Gasteiger partial charge in [0.05, 0.1) is 31.0 Å². The Morgan fingerprint density at radius 1 is 1.08 bits per heavy atom. The number of ether oxygens (including phenoxy) is 2. The molecule has 6 rings (SSSR count). The van der Waals surface area contributed by atoms with Crippen molar-refractivity contribution in [1.82, 2.24) is 9.88 Å². The number of fused-ring (bicyclic) bond motifs is 2. The maximum atomic E-state index is 13.9. The van der Waals surface area contributed by atoms with E-state index in [2.05, 4.69) is 35.4 Å². The number of rotatable bonds is 7. The van der Waals surface area contributed by atoms with Crippen LogP contribution in [0, 0.1) is 0 Å². The lowest BCUT2D eigenvalue weighted by molar-refractivity contribution is 0.0717. The fourth-order valence-corrected chi connectivity index (χ4v) is 5.42. The molecule has 0 atom stereocenters. The van der Waals surface area contributed by atoms with Gasteiger partial charge in [-0.25, -0.2) is 4.98 Å². The molecule has 1 N–H and O–H groups in total. The molecule has 2 aromatic heterocycles. The topological polar surface area (TPSA) is 88.3 Å². The van der Waals surface area contributed by atoms with Crippen LogP contribution < -0.4 is 14.4 Å². The van der Waals surface area contributed by atoms with E-state index >= 15 is 0 Å². The van der Waals surface area contributed by atoms with Crippen molar-refractivity contribution in [1.29, 1.82) is 0 Å². The number of carbonyl (C=O) groups excluding carboxylic acids is 1. The van der Waals surface area contributed by atoms with Crippen LogP contribution in [-0.4, -0.2) is 53.1 Å². The van der Waals surface area contributed by atoms with Gasteiger partial charge in [-0.05, 0) is 67.6 Å². The average Bonchev–Trinajstić information content (AvgIpc) is 3.64. The first kappa shape index (κ1) is 24.6. The fraction of sp³-hybridized carbons (Fsp3) is 0.310. The third kappa shape index (κ3) is 5.04. The van der Waals surface area contributed by atoms with Crippen LogP contribution in [0.3, 0.4) is 0 Å². The van der Waals surface area contributed by atoms with E-state index in [-0.39, 0.29) is 18.8 Å². The summed E-state index contributed by atoms with van der Waals surface area (Å²) in [5.74, 6) is 2.61. The van der Waals surface area contributed by atoms with E-state index in [4.69, 9.17) is 18.9 Å². The predicted octanol–water partition coefficient (Wildman–Crippen LogP) is 5.08. The van der Waals surface area contributed by atoms with Crippen molar-refractivity contribution in [2.45, 2.75) is 36.9 Å². The van der Waals surface area contributed by atoms with E-state index in [9.17, 15) is 9.90 Å². The number of aliphatic hydroxyl groups excluding tert-OH is 1. The number of nitrogens with zero attached hydrogens (tertiary/aromatic N) is 3. The Balaban J connectivity index is 1.39. The van der Waals surface area contributed by atoms with Gasteiger partial charge >= 0.3 is 0 Å². The molecule has 8 nitrogen and oxygen atoms in total. The second kappa shape index (κ2) is 10.6. The molecule has 1 amide bonds. The average molecular weight is 532 g/mol. The first-order valence-electron chi connectivity index (χ1n) is 12.7. The molecule has 0 bridgehead atoms. The molecule has 2 aliphatic rings. The maximum Gasteiger partial charge on any atom is 0.254 e. The number of furan rings is 1. The number of hydrogen-bond donors (Lipinski definition) is 1. The monoisotopic (exact) mass is 531 g/mol. The zero-order valence-corrected chi connectivity index (χ0v) is 21.9. The van der Waals surface area contributed by atoms with Gasteiger partial charge in [0, 0.05) is 34.5 Å². The predicted molar refractivity (Wildman–Crippen MR) is 146 cm³/mol. The summed E-state index contributed by atoms with van der Waals surface area (Å²) in [7, 11) is 0. The molecule has 4 aromatic rings. The van der Waals surface area contributed by atoms with Crippen molar-refractivity contribution in [2.24, 2.45) is 0 Å². The van der Waals surface area contributed by atoms with E-state index in [0.717, 1.165) is 27.2 Å². The van der Waals surface area contributed by atoms with Gasteiger partial charge in [-0.15, -0.1) is 11.8 Å². The van der Waals surface area contributed by atoms with Crippen molar-refractivity contribution in [3.8, 4) is 11.5 Å². The normalized spacial score (nSPS) is 15.3. The lowest BCUT2D eigenvalue weighted by Crippen LogP contribution is -2.38. The van der Waals surface area contributed by atoms with Crippen LogP contribution in [0.1, 0.15) is 34.5 Å². The number of thioether (sulfide) groups is 1. The number of benzene rings is 2. The number of aliphatic hydroxyl groups is 1. The molecular weight excluding hydrogens is 502 g/mol. The molecule has 2 aliphatic heterocycles. The lowest BCUT2D eigenvalue weighted by atomic mass is 10.1. The second-order valence-electron chi connectivity index (χ2n) is 9.56. The largest absolute Gasteiger partial charge is 0.467 e. The van der Waals surface area contributed by atoms with Crippen molar-refractivity contribution in [3.05, 3.63) is 77.7 Å². The SMILES string of the molecule is CSc1ccc2cc(CN(Cc3ccco3)C(=O)c3ccc4c(c3)OCO4)c(N3CCC(O)CC3)nc2c1. The molecule has 0 radical (unpaired) electrons. The Hall–Kier alpha value is -3.69.